The van der Waals surface area contributed by atoms with E-state index in [2.05, 4.69) is 12.2 Å². The van der Waals surface area contributed by atoms with Crippen LogP contribution in [0, 0.1) is 0 Å². The van der Waals surface area contributed by atoms with Crippen molar-refractivity contribution in [3.05, 3.63) is 35.4 Å². The normalized spacial score (nSPS) is 15.5. The second-order valence-corrected chi connectivity index (χ2v) is 5.42. The summed E-state index contributed by atoms with van der Waals surface area (Å²) in [6, 6.07) is 7.49. The topological polar surface area (TPSA) is 55.4 Å². The Morgan fingerprint density at radius 3 is 2.43 bits per heavy atom. The molecule has 1 aliphatic rings. The molecule has 1 aromatic carbocycles. The first-order chi connectivity index (χ1) is 10.1. The molecule has 114 valence electrons. The fraction of sp³-hybridized carbons (Fsp3) is 0.529. The zero-order valence-corrected chi connectivity index (χ0v) is 12.7. The van der Waals surface area contributed by atoms with Crippen LogP contribution in [-0.2, 0) is 16.0 Å². The Kier molecular flexibility index (Phi) is 5.51. The highest BCUT2D eigenvalue weighted by Crippen LogP contribution is 2.21. The van der Waals surface area contributed by atoms with Crippen LogP contribution in [-0.4, -0.2) is 30.4 Å². The molecule has 2 rings (SSSR count). The number of aryl methyl sites for hydroxylation is 1. The van der Waals surface area contributed by atoms with E-state index in [4.69, 9.17) is 4.74 Å². The van der Waals surface area contributed by atoms with E-state index in [1.807, 2.05) is 24.3 Å². The predicted molar refractivity (Wildman–Crippen MR) is 81.3 cm³/mol. The van der Waals surface area contributed by atoms with Crippen molar-refractivity contribution in [2.24, 2.45) is 0 Å². The number of Topliss-reactive ketones (excluding diaryl/α,β-unsaturated/α-hetero) is 1. The quantitative estimate of drug-likeness (QED) is 0.590. The molecular weight excluding hydrogens is 266 g/mol. The van der Waals surface area contributed by atoms with Crippen LogP contribution in [0.2, 0.25) is 0 Å². The third-order valence-electron chi connectivity index (χ3n) is 3.65. The van der Waals surface area contributed by atoms with Gasteiger partial charge in [0.15, 0.2) is 5.78 Å². The second-order valence-electron chi connectivity index (χ2n) is 5.42. The maximum atomic E-state index is 12.6. The average molecular weight is 289 g/mol. The van der Waals surface area contributed by atoms with Gasteiger partial charge in [-0.1, -0.05) is 31.2 Å². The summed E-state index contributed by atoms with van der Waals surface area (Å²) in [5.41, 5.74) is 1.85. The van der Waals surface area contributed by atoms with Crippen LogP contribution in [0.4, 0.5) is 0 Å². The molecule has 0 aliphatic heterocycles. The SMILES string of the molecule is CCOC(=O)CC(NC1CC1)C(=O)c1ccc(CC)cc1. The smallest absolute Gasteiger partial charge is 0.307 e. The molecule has 0 heterocycles. The van der Waals surface area contributed by atoms with Crippen LogP contribution in [0.3, 0.4) is 0 Å². The number of hydrogen-bond donors (Lipinski definition) is 1. The largest absolute Gasteiger partial charge is 0.466 e. The van der Waals surface area contributed by atoms with Crippen molar-refractivity contribution in [1.82, 2.24) is 5.32 Å². The first-order valence-corrected chi connectivity index (χ1v) is 7.68. The lowest BCUT2D eigenvalue weighted by Crippen LogP contribution is -2.40. The van der Waals surface area contributed by atoms with Gasteiger partial charge in [-0.15, -0.1) is 0 Å². The highest BCUT2D eigenvalue weighted by Gasteiger charge is 2.30. The van der Waals surface area contributed by atoms with Crippen LogP contribution >= 0.6 is 0 Å². The van der Waals surface area contributed by atoms with Crippen LogP contribution in [0.1, 0.15) is 49.0 Å². The lowest BCUT2D eigenvalue weighted by Gasteiger charge is -2.17. The zero-order valence-electron chi connectivity index (χ0n) is 12.7. The van der Waals surface area contributed by atoms with Crippen LogP contribution in [0.15, 0.2) is 24.3 Å². The molecule has 4 nitrogen and oxygen atoms in total. The number of ether oxygens (including phenoxy) is 1. The van der Waals surface area contributed by atoms with E-state index in [-0.39, 0.29) is 18.2 Å². The minimum absolute atomic E-state index is 0.0300. The molecule has 0 amide bonds. The molecule has 0 spiro atoms. The van der Waals surface area contributed by atoms with Gasteiger partial charge in [-0.2, -0.15) is 0 Å². The molecule has 4 heteroatoms. The predicted octanol–water partition coefficient (Wildman–Crippen LogP) is 2.51. The van der Waals surface area contributed by atoms with E-state index in [1.165, 1.54) is 5.56 Å². The number of esters is 1. The third kappa shape index (κ3) is 4.67. The maximum Gasteiger partial charge on any atom is 0.307 e. The molecule has 0 saturated heterocycles. The Hall–Kier alpha value is -1.68. The molecular formula is C17H23NO3. The monoisotopic (exact) mass is 289 g/mol. The standard InChI is InChI=1S/C17H23NO3/c1-3-12-5-7-13(8-6-12)17(20)15(18-14-9-10-14)11-16(19)21-4-2/h5-8,14-15,18H,3-4,9-11H2,1-2H3. The molecule has 1 aromatic rings. The van der Waals surface area contributed by atoms with Gasteiger partial charge in [0.1, 0.15) is 0 Å². The molecule has 1 unspecified atom stereocenters. The van der Waals surface area contributed by atoms with Crippen molar-refractivity contribution in [3.8, 4) is 0 Å². The Balaban J connectivity index is 2.06. The fourth-order valence-electron chi connectivity index (χ4n) is 2.25. The summed E-state index contributed by atoms with van der Waals surface area (Å²) in [6.45, 7) is 4.19. The number of rotatable bonds is 8. The molecule has 1 fully saturated rings. The summed E-state index contributed by atoms with van der Waals surface area (Å²) in [5.74, 6) is -0.355. The number of nitrogens with one attached hydrogen (secondary N) is 1. The maximum absolute atomic E-state index is 12.6. The van der Waals surface area contributed by atoms with Gasteiger partial charge >= 0.3 is 5.97 Å². The van der Waals surface area contributed by atoms with E-state index >= 15 is 0 Å². The van der Waals surface area contributed by atoms with Crippen molar-refractivity contribution in [2.75, 3.05) is 6.61 Å². The Labute approximate surface area is 125 Å². The van der Waals surface area contributed by atoms with Gasteiger partial charge in [-0.05, 0) is 31.7 Å². The number of ketones is 1. The number of benzene rings is 1. The summed E-state index contributed by atoms with van der Waals surface area (Å²) < 4.78 is 4.97. The van der Waals surface area contributed by atoms with E-state index in [9.17, 15) is 9.59 Å². The van der Waals surface area contributed by atoms with Crippen molar-refractivity contribution in [1.29, 1.82) is 0 Å². The Morgan fingerprint density at radius 2 is 1.90 bits per heavy atom. The molecule has 1 atom stereocenters. The summed E-state index contributed by atoms with van der Waals surface area (Å²) in [7, 11) is 0. The lowest BCUT2D eigenvalue weighted by molar-refractivity contribution is -0.143. The van der Waals surface area contributed by atoms with E-state index in [0.717, 1.165) is 19.3 Å². The average Bonchev–Trinajstić information content (AvgIpc) is 3.30. The lowest BCUT2D eigenvalue weighted by atomic mass is 9.99. The third-order valence-corrected chi connectivity index (χ3v) is 3.65. The second kappa shape index (κ2) is 7.36. The highest BCUT2D eigenvalue weighted by atomic mass is 16.5. The van der Waals surface area contributed by atoms with E-state index in [0.29, 0.717) is 18.2 Å². The van der Waals surface area contributed by atoms with Gasteiger partial charge < -0.3 is 10.1 Å². The van der Waals surface area contributed by atoms with Crippen LogP contribution < -0.4 is 5.32 Å². The van der Waals surface area contributed by atoms with Crippen LogP contribution in [0.25, 0.3) is 0 Å². The Bertz CT molecular complexity index is 491. The summed E-state index contributed by atoms with van der Waals surface area (Å²) in [6.07, 6.45) is 3.18. The minimum Gasteiger partial charge on any atom is -0.466 e. The van der Waals surface area contributed by atoms with Crippen LogP contribution in [0.5, 0.6) is 0 Å². The highest BCUT2D eigenvalue weighted by molar-refractivity contribution is 6.01. The van der Waals surface area contributed by atoms with E-state index < -0.39 is 6.04 Å². The summed E-state index contributed by atoms with van der Waals surface area (Å²) in [4.78, 5) is 24.3. The fourth-order valence-corrected chi connectivity index (χ4v) is 2.25. The van der Waals surface area contributed by atoms with Crippen molar-refractivity contribution < 1.29 is 14.3 Å². The van der Waals surface area contributed by atoms with Gasteiger partial charge in [0.05, 0.1) is 19.1 Å². The molecule has 0 radical (unpaired) electrons. The number of hydrogen-bond acceptors (Lipinski definition) is 4. The Morgan fingerprint density at radius 1 is 1.24 bits per heavy atom. The molecule has 1 aliphatic carbocycles. The molecule has 0 bridgehead atoms. The zero-order chi connectivity index (χ0) is 15.2. The summed E-state index contributed by atoms with van der Waals surface area (Å²) >= 11 is 0. The van der Waals surface area contributed by atoms with Crippen molar-refractivity contribution in [3.63, 3.8) is 0 Å². The first kappa shape index (κ1) is 15.7. The number of carbonyl (C=O) groups excluding carboxylic acids is 2. The minimum atomic E-state index is -0.482. The van der Waals surface area contributed by atoms with E-state index in [1.54, 1.807) is 6.92 Å². The molecule has 1 N–H and O–H groups in total. The van der Waals surface area contributed by atoms with Gasteiger partial charge in [-0.25, -0.2) is 0 Å². The molecule has 21 heavy (non-hydrogen) atoms. The van der Waals surface area contributed by atoms with Crippen molar-refractivity contribution in [2.45, 2.75) is 51.6 Å². The van der Waals surface area contributed by atoms with Gasteiger partial charge in [0.2, 0.25) is 0 Å². The number of carbonyl (C=O) groups is 2. The van der Waals surface area contributed by atoms with Gasteiger partial charge in [-0.3, -0.25) is 9.59 Å². The summed E-state index contributed by atoms with van der Waals surface area (Å²) in [5, 5.41) is 3.26. The molecule has 0 aromatic heterocycles. The van der Waals surface area contributed by atoms with Crippen molar-refractivity contribution >= 4 is 11.8 Å². The first-order valence-electron chi connectivity index (χ1n) is 7.68. The van der Waals surface area contributed by atoms with Gasteiger partial charge in [0, 0.05) is 11.6 Å². The molecule has 1 saturated carbocycles. The van der Waals surface area contributed by atoms with Gasteiger partial charge in [0.25, 0.3) is 0 Å².